The fourth-order valence-electron chi connectivity index (χ4n) is 3.04. The van der Waals surface area contributed by atoms with Gasteiger partial charge in [0.05, 0.1) is 0 Å². The smallest absolute Gasteiger partial charge is 0.408 e. The van der Waals surface area contributed by atoms with Crippen molar-refractivity contribution in [1.29, 1.82) is 0 Å². The minimum Gasteiger partial charge on any atom is -0.480 e. The van der Waals surface area contributed by atoms with Crippen LogP contribution in [0.4, 0.5) is 4.79 Å². The van der Waals surface area contributed by atoms with Gasteiger partial charge in [-0.25, -0.2) is 9.59 Å². The van der Waals surface area contributed by atoms with Crippen LogP contribution >= 0.6 is 0 Å². The normalized spacial score (nSPS) is 13.7. The van der Waals surface area contributed by atoms with Crippen LogP contribution in [0.5, 0.6) is 0 Å². The zero-order chi connectivity index (χ0) is 17.1. The van der Waals surface area contributed by atoms with Crippen molar-refractivity contribution in [3.63, 3.8) is 0 Å². The Morgan fingerprint density at radius 3 is 2.12 bits per heavy atom. The summed E-state index contributed by atoms with van der Waals surface area (Å²) < 4.78 is 5.28. The molecule has 6 nitrogen and oxygen atoms in total. The van der Waals surface area contributed by atoms with Gasteiger partial charge in [0, 0.05) is 5.92 Å². The molecule has 1 aliphatic rings. The van der Waals surface area contributed by atoms with Crippen molar-refractivity contribution >= 4 is 12.1 Å². The molecule has 2 aromatic carbocycles. The van der Waals surface area contributed by atoms with E-state index in [0.29, 0.717) is 0 Å². The molecule has 24 heavy (non-hydrogen) atoms. The van der Waals surface area contributed by atoms with E-state index in [2.05, 4.69) is 23.2 Å². The number of fused-ring (bicyclic) bond motifs is 3. The first kappa shape index (κ1) is 16.0. The molecule has 0 saturated carbocycles. The number of alkyl carbamates (subject to hydrolysis) is 1. The van der Waals surface area contributed by atoms with Crippen LogP contribution in [-0.4, -0.2) is 36.4 Å². The number of benzene rings is 2. The van der Waals surface area contributed by atoms with Crippen molar-refractivity contribution in [2.75, 3.05) is 13.2 Å². The number of ether oxygens (including phenoxy) is 1. The number of hydrogen-bond acceptors (Lipinski definition) is 3. The Labute approximate surface area is 139 Å². The zero-order valence-corrected chi connectivity index (χ0v) is 13.1. The van der Waals surface area contributed by atoms with E-state index in [-0.39, 0.29) is 19.1 Å². The molecule has 2 aromatic rings. The molecule has 0 radical (unpaired) electrons. The molecule has 3 rings (SSSR count). The fourth-order valence-corrected chi connectivity index (χ4v) is 3.04. The van der Waals surface area contributed by atoms with Crippen molar-refractivity contribution in [1.82, 2.24) is 5.32 Å². The molecule has 0 bridgehead atoms. The van der Waals surface area contributed by atoms with Crippen LogP contribution in [-0.2, 0) is 9.53 Å². The van der Waals surface area contributed by atoms with Crippen molar-refractivity contribution in [3.05, 3.63) is 59.7 Å². The highest BCUT2D eigenvalue weighted by Gasteiger charge is 2.29. The molecule has 1 amide bonds. The number of carboxylic acid groups (broad SMARTS) is 1. The second-order valence-corrected chi connectivity index (χ2v) is 5.65. The summed E-state index contributed by atoms with van der Waals surface area (Å²) in [5.74, 6) is -1.18. The molecule has 1 atom stereocenters. The predicted molar refractivity (Wildman–Crippen MR) is 87.4 cm³/mol. The van der Waals surface area contributed by atoms with Crippen molar-refractivity contribution in [2.24, 2.45) is 0 Å². The Morgan fingerprint density at radius 2 is 1.62 bits per heavy atom. The average molecular weight is 327 g/mol. The van der Waals surface area contributed by atoms with Crippen molar-refractivity contribution in [3.8, 4) is 11.1 Å². The Balaban J connectivity index is 1.74. The molecule has 6 heteroatoms. The Morgan fingerprint density at radius 1 is 1.08 bits per heavy atom. The van der Waals surface area contributed by atoms with Crippen LogP contribution in [0.25, 0.3) is 11.1 Å². The van der Waals surface area contributed by atoms with E-state index >= 15 is 0 Å². The SMILES string of the molecule is [NH3+]C[C@H](NC(=O)OCC1c2ccccc2-c2ccccc21)C(=O)O. The molecule has 0 spiro atoms. The number of carbonyl (C=O) groups excluding carboxylic acids is 1. The third kappa shape index (κ3) is 2.96. The van der Waals surface area contributed by atoms with Gasteiger partial charge in [0.2, 0.25) is 0 Å². The quantitative estimate of drug-likeness (QED) is 0.768. The minimum atomic E-state index is -1.13. The molecule has 5 N–H and O–H groups in total. The number of nitrogens with one attached hydrogen (secondary N) is 1. The number of amides is 1. The van der Waals surface area contributed by atoms with Crippen LogP contribution in [0, 0.1) is 0 Å². The standard InChI is InChI=1S/C18H18N2O4/c19-9-16(17(21)22)20-18(23)24-10-15-13-7-3-1-5-11(13)12-6-2-4-8-14(12)15/h1-8,15-16H,9-10,19H2,(H,20,23)(H,21,22)/p+1/t16-/m0/s1. The first-order valence-corrected chi connectivity index (χ1v) is 7.75. The lowest BCUT2D eigenvalue weighted by atomic mass is 9.98. The Hall–Kier alpha value is -2.86. The highest BCUT2D eigenvalue weighted by atomic mass is 16.5. The molecule has 0 unspecified atom stereocenters. The van der Waals surface area contributed by atoms with E-state index in [4.69, 9.17) is 9.84 Å². The summed E-state index contributed by atoms with van der Waals surface area (Å²) >= 11 is 0. The van der Waals surface area contributed by atoms with Crippen LogP contribution in [0.2, 0.25) is 0 Å². The average Bonchev–Trinajstić information content (AvgIpc) is 2.91. The molecule has 0 aromatic heterocycles. The maximum atomic E-state index is 11.9. The van der Waals surface area contributed by atoms with Crippen molar-refractivity contribution < 1.29 is 25.2 Å². The van der Waals surface area contributed by atoms with E-state index in [1.165, 1.54) is 0 Å². The molecule has 1 aliphatic carbocycles. The second-order valence-electron chi connectivity index (χ2n) is 5.65. The summed E-state index contributed by atoms with van der Waals surface area (Å²) in [6, 6.07) is 15.0. The van der Waals surface area contributed by atoms with Gasteiger partial charge >= 0.3 is 12.1 Å². The van der Waals surface area contributed by atoms with Crippen molar-refractivity contribution in [2.45, 2.75) is 12.0 Å². The predicted octanol–water partition coefficient (Wildman–Crippen LogP) is 1.22. The summed E-state index contributed by atoms with van der Waals surface area (Å²) in [7, 11) is 0. The van der Waals surface area contributed by atoms with E-state index in [1.54, 1.807) is 0 Å². The molecule has 0 aliphatic heterocycles. The fraction of sp³-hybridized carbons (Fsp3) is 0.222. The highest BCUT2D eigenvalue weighted by molar-refractivity contribution is 5.81. The number of carboxylic acids is 1. The Bertz CT molecular complexity index is 730. The molecule has 0 heterocycles. The first-order chi connectivity index (χ1) is 11.6. The third-order valence-corrected chi connectivity index (χ3v) is 4.22. The van der Waals surface area contributed by atoms with E-state index in [0.717, 1.165) is 22.3 Å². The van der Waals surface area contributed by atoms with E-state index < -0.39 is 18.1 Å². The number of aliphatic carboxylic acids is 1. The maximum Gasteiger partial charge on any atom is 0.408 e. The second kappa shape index (κ2) is 6.72. The molecule has 124 valence electrons. The van der Waals surface area contributed by atoms with Gasteiger partial charge in [0.25, 0.3) is 0 Å². The number of carbonyl (C=O) groups is 2. The lowest BCUT2D eigenvalue weighted by molar-refractivity contribution is -0.370. The third-order valence-electron chi connectivity index (χ3n) is 4.22. The number of quaternary nitrogens is 1. The van der Waals surface area contributed by atoms with Gasteiger partial charge in [-0.3, -0.25) is 0 Å². The van der Waals surface area contributed by atoms with Gasteiger partial charge in [0.15, 0.2) is 6.04 Å². The largest absolute Gasteiger partial charge is 0.480 e. The van der Waals surface area contributed by atoms with E-state index in [1.807, 2.05) is 36.4 Å². The van der Waals surface area contributed by atoms with Crippen LogP contribution in [0.15, 0.2) is 48.5 Å². The lowest BCUT2D eigenvalue weighted by Gasteiger charge is -2.16. The monoisotopic (exact) mass is 327 g/mol. The Kier molecular flexibility index (Phi) is 4.48. The van der Waals surface area contributed by atoms with Crippen LogP contribution in [0.1, 0.15) is 17.0 Å². The topological polar surface area (TPSA) is 103 Å². The van der Waals surface area contributed by atoms with Gasteiger partial charge in [-0.15, -0.1) is 0 Å². The zero-order valence-electron chi connectivity index (χ0n) is 13.1. The van der Waals surface area contributed by atoms with Gasteiger partial charge in [-0.2, -0.15) is 0 Å². The summed E-state index contributed by atoms with van der Waals surface area (Å²) in [5, 5.41) is 11.3. The van der Waals surface area contributed by atoms with Crippen LogP contribution in [0.3, 0.4) is 0 Å². The first-order valence-electron chi connectivity index (χ1n) is 7.75. The van der Waals surface area contributed by atoms with Gasteiger partial charge in [-0.1, -0.05) is 48.5 Å². The molecular formula is C18H19N2O4+. The minimum absolute atomic E-state index is 0.0498. The van der Waals surface area contributed by atoms with E-state index in [9.17, 15) is 9.59 Å². The summed E-state index contributed by atoms with van der Waals surface area (Å²) in [6.07, 6.45) is -0.743. The molecular weight excluding hydrogens is 308 g/mol. The summed E-state index contributed by atoms with van der Waals surface area (Å²) in [5.41, 5.74) is 8.01. The maximum absolute atomic E-state index is 11.9. The molecule has 0 saturated heterocycles. The summed E-state index contributed by atoms with van der Waals surface area (Å²) in [4.78, 5) is 22.8. The number of rotatable bonds is 5. The van der Waals surface area contributed by atoms with Gasteiger partial charge in [0.1, 0.15) is 13.2 Å². The van der Waals surface area contributed by atoms with Gasteiger partial charge < -0.3 is 20.9 Å². The lowest BCUT2D eigenvalue weighted by Crippen LogP contribution is -2.62. The summed E-state index contributed by atoms with van der Waals surface area (Å²) in [6.45, 7) is 0.211. The van der Waals surface area contributed by atoms with Crippen LogP contribution < -0.4 is 11.1 Å². The highest BCUT2D eigenvalue weighted by Crippen LogP contribution is 2.44. The van der Waals surface area contributed by atoms with Gasteiger partial charge in [-0.05, 0) is 22.3 Å². The molecule has 0 fully saturated rings. The number of hydrogen-bond donors (Lipinski definition) is 3.